The summed E-state index contributed by atoms with van der Waals surface area (Å²) >= 11 is 0. The molecular formula is C8H8N2O3. The maximum Gasteiger partial charge on any atom is 0.154 e. The summed E-state index contributed by atoms with van der Waals surface area (Å²) in [5, 5.41) is 12.0. The van der Waals surface area contributed by atoms with Crippen LogP contribution in [-0.2, 0) is 6.54 Å². The SMILES string of the molecule is Cc1ncc(CN=O)c(C=O)c1O. The lowest BCUT2D eigenvalue weighted by atomic mass is 10.1. The van der Waals surface area contributed by atoms with E-state index in [1.54, 1.807) is 6.92 Å². The van der Waals surface area contributed by atoms with E-state index in [4.69, 9.17) is 0 Å². The first-order valence-corrected chi connectivity index (χ1v) is 3.62. The molecule has 1 heterocycles. The minimum Gasteiger partial charge on any atom is -0.505 e. The van der Waals surface area contributed by atoms with Crippen molar-refractivity contribution in [2.45, 2.75) is 13.5 Å². The van der Waals surface area contributed by atoms with Crippen LogP contribution in [0.5, 0.6) is 5.75 Å². The van der Waals surface area contributed by atoms with Crippen molar-refractivity contribution in [1.29, 1.82) is 0 Å². The van der Waals surface area contributed by atoms with Crippen LogP contribution in [0.25, 0.3) is 0 Å². The second-order valence-electron chi connectivity index (χ2n) is 2.54. The standard InChI is InChI=1S/C8H8N2O3/c1-5-8(12)7(4-11)6(2-9-5)3-10-13/h2,4,12H,3H2,1H3. The smallest absolute Gasteiger partial charge is 0.154 e. The van der Waals surface area contributed by atoms with Gasteiger partial charge in [0.05, 0.1) is 11.3 Å². The number of rotatable bonds is 3. The van der Waals surface area contributed by atoms with E-state index in [1.165, 1.54) is 6.20 Å². The molecule has 0 aliphatic carbocycles. The average Bonchev–Trinajstić information content (AvgIpc) is 2.12. The van der Waals surface area contributed by atoms with E-state index in [1.807, 2.05) is 0 Å². The molecule has 0 fully saturated rings. The van der Waals surface area contributed by atoms with Gasteiger partial charge in [0.15, 0.2) is 6.29 Å². The molecule has 0 saturated heterocycles. The topological polar surface area (TPSA) is 79.6 Å². The molecule has 68 valence electrons. The molecule has 13 heavy (non-hydrogen) atoms. The van der Waals surface area contributed by atoms with Gasteiger partial charge in [-0.2, -0.15) is 4.91 Å². The van der Waals surface area contributed by atoms with Gasteiger partial charge >= 0.3 is 0 Å². The van der Waals surface area contributed by atoms with Crippen molar-refractivity contribution >= 4 is 6.29 Å². The third-order valence-electron chi connectivity index (χ3n) is 1.71. The Morgan fingerprint density at radius 2 is 2.38 bits per heavy atom. The molecule has 0 saturated carbocycles. The van der Waals surface area contributed by atoms with Gasteiger partial charge in [0.2, 0.25) is 0 Å². The van der Waals surface area contributed by atoms with Crippen molar-refractivity contribution in [2.75, 3.05) is 0 Å². The van der Waals surface area contributed by atoms with E-state index >= 15 is 0 Å². The number of carbonyl (C=O) groups excluding carboxylic acids is 1. The van der Waals surface area contributed by atoms with Crippen LogP contribution in [0.3, 0.4) is 0 Å². The number of aryl methyl sites for hydroxylation is 1. The maximum absolute atomic E-state index is 10.5. The van der Waals surface area contributed by atoms with Gasteiger partial charge in [-0.1, -0.05) is 5.18 Å². The van der Waals surface area contributed by atoms with Crippen LogP contribution in [0.1, 0.15) is 21.6 Å². The number of nitrogens with zero attached hydrogens (tertiary/aromatic N) is 2. The number of hydrogen-bond acceptors (Lipinski definition) is 5. The molecule has 1 aromatic heterocycles. The lowest BCUT2D eigenvalue weighted by Gasteiger charge is -2.04. The third kappa shape index (κ3) is 1.69. The summed E-state index contributed by atoms with van der Waals surface area (Å²) in [4.78, 5) is 24.3. The molecule has 1 aromatic rings. The highest BCUT2D eigenvalue weighted by atomic mass is 16.3. The fourth-order valence-electron chi connectivity index (χ4n) is 0.979. The Morgan fingerprint density at radius 3 is 2.92 bits per heavy atom. The van der Waals surface area contributed by atoms with Crippen molar-refractivity contribution in [1.82, 2.24) is 4.98 Å². The van der Waals surface area contributed by atoms with Crippen molar-refractivity contribution < 1.29 is 9.90 Å². The monoisotopic (exact) mass is 180 g/mol. The van der Waals surface area contributed by atoms with Crippen LogP contribution in [-0.4, -0.2) is 16.4 Å². The van der Waals surface area contributed by atoms with E-state index in [9.17, 15) is 14.8 Å². The molecule has 0 aromatic carbocycles. The maximum atomic E-state index is 10.5. The van der Waals surface area contributed by atoms with Gasteiger partial charge in [0.1, 0.15) is 12.3 Å². The number of aldehydes is 1. The number of carbonyl (C=O) groups is 1. The number of aromatic nitrogens is 1. The zero-order chi connectivity index (χ0) is 9.84. The van der Waals surface area contributed by atoms with Gasteiger partial charge in [-0.25, -0.2) is 0 Å². The van der Waals surface area contributed by atoms with Gasteiger partial charge in [-0.05, 0) is 6.92 Å². The van der Waals surface area contributed by atoms with E-state index in [0.29, 0.717) is 17.5 Å². The fourth-order valence-corrected chi connectivity index (χ4v) is 0.979. The minimum absolute atomic E-state index is 0.0899. The minimum atomic E-state index is -0.184. The van der Waals surface area contributed by atoms with Crippen LogP contribution >= 0.6 is 0 Å². The molecule has 5 heteroatoms. The summed E-state index contributed by atoms with van der Waals surface area (Å²) < 4.78 is 0. The number of aromatic hydroxyl groups is 1. The molecule has 1 rings (SSSR count). The first-order chi connectivity index (χ1) is 6.20. The molecule has 0 spiro atoms. The van der Waals surface area contributed by atoms with Gasteiger partial charge in [-0.3, -0.25) is 9.78 Å². The van der Waals surface area contributed by atoms with Crippen molar-refractivity contribution in [3.8, 4) is 5.75 Å². The van der Waals surface area contributed by atoms with E-state index < -0.39 is 0 Å². The molecule has 0 aliphatic heterocycles. The summed E-state index contributed by atoms with van der Waals surface area (Å²) in [6.07, 6.45) is 1.85. The summed E-state index contributed by atoms with van der Waals surface area (Å²) in [5.41, 5.74) is 0.789. The second kappa shape index (κ2) is 3.75. The molecule has 5 nitrogen and oxygen atoms in total. The fraction of sp³-hybridized carbons (Fsp3) is 0.250. The van der Waals surface area contributed by atoms with Gasteiger partial charge in [-0.15, -0.1) is 0 Å². The van der Waals surface area contributed by atoms with Crippen molar-refractivity contribution in [3.05, 3.63) is 27.9 Å². The zero-order valence-electron chi connectivity index (χ0n) is 7.02. The Labute approximate surface area is 74.4 Å². The molecular weight excluding hydrogens is 172 g/mol. The van der Waals surface area contributed by atoms with Crippen LogP contribution < -0.4 is 0 Å². The normalized spacial score (nSPS) is 9.62. The molecule has 0 radical (unpaired) electrons. The Hall–Kier alpha value is -1.78. The first-order valence-electron chi connectivity index (χ1n) is 3.62. The van der Waals surface area contributed by atoms with Gasteiger partial charge in [0, 0.05) is 11.8 Å². The summed E-state index contributed by atoms with van der Waals surface area (Å²) in [5.74, 6) is -0.184. The van der Waals surface area contributed by atoms with Gasteiger partial charge in [0.25, 0.3) is 0 Å². The lowest BCUT2D eigenvalue weighted by molar-refractivity contribution is 0.112. The predicted octanol–water partition coefficient (Wildman–Crippen LogP) is 1.17. The van der Waals surface area contributed by atoms with Crippen LogP contribution in [0.4, 0.5) is 0 Å². The summed E-state index contributed by atoms with van der Waals surface area (Å²) in [6, 6.07) is 0. The van der Waals surface area contributed by atoms with Crippen LogP contribution in [0.2, 0.25) is 0 Å². The predicted molar refractivity (Wildman–Crippen MR) is 45.5 cm³/mol. The summed E-state index contributed by atoms with van der Waals surface area (Å²) in [7, 11) is 0. The Bertz CT molecular complexity index is 349. The van der Waals surface area contributed by atoms with Crippen molar-refractivity contribution in [2.24, 2.45) is 5.18 Å². The van der Waals surface area contributed by atoms with Crippen molar-refractivity contribution in [3.63, 3.8) is 0 Å². The largest absolute Gasteiger partial charge is 0.505 e. The van der Waals surface area contributed by atoms with Gasteiger partial charge < -0.3 is 5.11 Å². The molecule has 0 aliphatic rings. The zero-order valence-corrected chi connectivity index (χ0v) is 7.02. The van der Waals surface area contributed by atoms with E-state index in [-0.39, 0.29) is 17.9 Å². The lowest BCUT2D eigenvalue weighted by Crippen LogP contribution is -1.96. The number of hydrogen-bond donors (Lipinski definition) is 1. The van der Waals surface area contributed by atoms with Crippen LogP contribution in [0, 0.1) is 11.8 Å². The van der Waals surface area contributed by atoms with E-state index in [0.717, 1.165) is 0 Å². The quantitative estimate of drug-likeness (QED) is 0.559. The molecule has 1 N–H and O–H groups in total. The van der Waals surface area contributed by atoms with Crippen LogP contribution in [0.15, 0.2) is 11.4 Å². The number of pyridine rings is 1. The highest BCUT2D eigenvalue weighted by molar-refractivity contribution is 5.81. The Balaban J connectivity index is 3.28. The third-order valence-corrected chi connectivity index (χ3v) is 1.71. The summed E-state index contributed by atoms with van der Waals surface area (Å²) in [6.45, 7) is 1.41. The Kier molecular flexibility index (Phi) is 2.69. The average molecular weight is 180 g/mol. The molecule has 0 bridgehead atoms. The first kappa shape index (κ1) is 9.31. The van der Waals surface area contributed by atoms with E-state index in [2.05, 4.69) is 10.2 Å². The Morgan fingerprint density at radius 1 is 1.69 bits per heavy atom. The molecule has 0 atom stereocenters. The second-order valence-corrected chi connectivity index (χ2v) is 2.54. The highest BCUT2D eigenvalue weighted by Crippen LogP contribution is 2.21. The molecule has 0 amide bonds. The molecule has 0 unspecified atom stereocenters. The highest BCUT2D eigenvalue weighted by Gasteiger charge is 2.10. The number of nitroso groups, excluding NO2 is 1.